The highest BCUT2D eigenvalue weighted by molar-refractivity contribution is 14.0. The van der Waals surface area contributed by atoms with Crippen LogP contribution in [-0.4, -0.2) is 43.6 Å². The quantitative estimate of drug-likeness (QED) is 0.269. The molecule has 1 aliphatic rings. The molecule has 1 unspecified atom stereocenters. The number of piperidine rings is 1. The van der Waals surface area contributed by atoms with Gasteiger partial charge in [0.25, 0.3) is 0 Å². The molecule has 0 bridgehead atoms. The third-order valence-corrected chi connectivity index (χ3v) is 4.54. The molecular weight excluding hydrogens is 423 g/mol. The Morgan fingerprint density at radius 1 is 1.20 bits per heavy atom. The molecule has 0 aromatic heterocycles. The number of nitrogens with one attached hydrogen (secondary N) is 2. The van der Waals surface area contributed by atoms with E-state index >= 15 is 0 Å². The van der Waals surface area contributed by atoms with Crippen LogP contribution < -0.4 is 10.6 Å². The molecule has 0 radical (unpaired) electrons. The predicted octanol–water partition coefficient (Wildman–Crippen LogP) is 3.87. The van der Waals surface area contributed by atoms with E-state index in [1.165, 1.54) is 50.9 Å². The van der Waals surface area contributed by atoms with Crippen molar-refractivity contribution in [3.63, 3.8) is 0 Å². The van der Waals surface area contributed by atoms with Crippen molar-refractivity contribution in [1.29, 1.82) is 0 Å². The van der Waals surface area contributed by atoms with Gasteiger partial charge in [-0.25, -0.2) is 4.99 Å². The summed E-state index contributed by atoms with van der Waals surface area (Å²) in [5.74, 6) is 1.80. The number of hydrogen-bond donors (Lipinski definition) is 2. The molecule has 1 atom stereocenters. The topological polar surface area (TPSA) is 39.7 Å². The number of halogens is 1. The first-order chi connectivity index (χ1) is 11.8. The zero-order chi connectivity index (χ0) is 17.0. The van der Waals surface area contributed by atoms with Gasteiger partial charge >= 0.3 is 0 Å². The predicted molar refractivity (Wildman–Crippen MR) is 119 cm³/mol. The van der Waals surface area contributed by atoms with Gasteiger partial charge in [-0.05, 0) is 57.2 Å². The lowest BCUT2D eigenvalue weighted by Crippen LogP contribution is -2.38. The van der Waals surface area contributed by atoms with E-state index in [2.05, 4.69) is 58.6 Å². The van der Waals surface area contributed by atoms with Crippen LogP contribution >= 0.6 is 24.0 Å². The Hall–Kier alpha value is -0.820. The average molecular weight is 458 g/mol. The van der Waals surface area contributed by atoms with E-state index in [0.29, 0.717) is 0 Å². The summed E-state index contributed by atoms with van der Waals surface area (Å²) in [5.41, 5.74) is 1.24. The summed E-state index contributed by atoms with van der Waals surface area (Å²) < 4.78 is 0. The van der Waals surface area contributed by atoms with Gasteiger partial charge in [-0.15, -0.1) is 24.0 Å². The molecule has 1 aromatic carbocycles. The van der Waals surface area contributed by atoms with Gasteiger partial charge in [-0.2, -0.15) is 0 Å². The standard InChI is InChI=1S/C20H34N4.HI/c1-3-21-20(23-16-19-11-5-4-6-12-19)22-13-7-8-14-24-15-9-10-18(2)17-24;/h4-6,11-12,18H,3,7-10,13-17H2,1-2H3,(H2,21,22,23);1H. The number of hydrogen-bond acceptors (Lipinski definition) is 2. The molecule has 0 saturated carbocycles. The lowest BCUT2D eigenvalue weighted by molar-refractivity contribution is 0.181. The van der Waals surface area contributed by atoms with Crippen LogP contribution in [0.3, 0.4) is 0 Å². The molecule has 25 heavy (non-hydrogen) atoms. The largest absolute Gasteiger partial charge is 0.357 e. The van der Waals surface area contributed by atoms with Crippen molar-refractivity contribution in [1.82, 2.24) is 15.5 Å². The summed E-state index contributed by atoms with van der Waals surface area (Å²) in [6.07, 6.45) is 5.23. The van der Waals surface area contributed by atoms with Gasteiger partial charge in [0.2, 0.25) is 0 Å². The van der Waals surface area contributed by atoms with Gasteiger partial charge in [0, 0.05) is 19.6 Å². The summed E-state index contributed by atoms with van der Waals surface area (Å²) in [6, 6.07) is 10.4. The zero-order valence-corrected chi connectivity index (χ0v) is 18.2. The summed E-state index contributed by atoms with van der Waals surface area (Å²) in [7, 11) is 0. The highest BCUT2D eigenvalue weighted by Gasteiger charge is 2.15. The van der Waals surface area contributed by atoms with E-state index in [9.17, 15) is 0 Å². The average Bonchev–Trinajstić information content (AvgIpc) is 2.60. The van der Waals surface area contributed by atoms with Crippen LogP contribution in [0.15, 0.2) is 35.3 Å². The first kappa shape index (κ1) is 22.2. The number of rotatable bonds is 8. The van der Waals surface area contributed by atoms with Crippen LogP contribution in [0.4, 0.5) is 0 Å². The number of unbranched alkanes of at least 4 members (excludes halogenated alkanes) is 1. The van der Waals surface area contributed by atoms with Gasteiger partial charge in [0.05, 0.1) is 6.54 Å². The van der Waals surface area contributed by atoms with Crippen LogP contribution in [0, 0.1) is 5.92 Å². The normalized spacial score (nSPS) is 18.5. The number of aliphatic imine (C=N–C) groups is 1. The van der Waals surface area contributed by atoms with E-state index in [0.717, 1.165) is 31.5 Å². The van der Waals surface area contributed by atoms with E-state index in [1.807, 2.05) is 6.07 Å². The van der Waals surface area contributed by atoms with Crippen molar-refractivity contribution in [3.05, 3.63) is 35.9 Å². The van der Waals surface area contributed by atoms with E-state index < -0.39 is 0 Å². The lowest BCUT2D eigenvalue weighted by Gasteiger charge is -2.30. The molecule has 5 heteroatoms. The smallest absolute Gasteiger partial charge is 0.191 e. The molecule has 1 aromatic rings. The Labute approximate surface area is 170 Å². The molecular formula is C20H35IN4. The molecule has 1 fully saturated rings. The second-order valence-electron chi connectivity index (χ2n) is 6.86. The fourth-order valence-electron chi connectivity index (χ4n) is 3.25. The maximum atomic E-state index is 4.67. The number of guanidine groups is 1. The lowest BCUT2D eigenvalue weighted by atomic mass is 10.0. The fraction of sp³-hybridized carbons (Fsp3) is 0.650. The molecule has 4 nitrogen and oxygen atoms in total. The van der Waals surface area contributed by atoms with Crippen molar-refractivity contribution >= 4 is 29.9 Å². The summed E-state index contributed by atoms with van der Waals surface area (Å²) >= 11 is 0. The minimum absolute atomic E-state index is 0. The Morgan fingerprint density at radius 3 is 2.72 bits per heavy atom. The van der Waals surface area contributed by atoms with Crippen LogP contribution in [-0.2, 0) is 6.54 Å². The van der Waals surface area contributed by atoms with E-state index in [4.69, 9.17) is 0 Å². The van der Waals surface area contributed by atoms with Crippen LogP contribution in [0.25, 0.3) is 0 Å². The van der Waals surface area contributed by atoms with Crippen molar-refractivity contribution in [2.45, 2.75) is 46.1 Å². The molecule has 2 rings (SSSR count). The van der Waals surface area contributed by atoms with Gasteiger partial charge < -0.3 is 15.5 Å². The zero-order valence-electron chi connectivity index (χ0n) is 15.8. The SMILES string of the molecule is CCNC(=NCc1ccccc1)NCCCCN1CCCC(C)C1.I. The maximum Gasteiger partial charge on any atom is 0.191 e. The Balaban J connectivity index is 0.00000312. The summed E-state index contributed by atoms with van der Waals surface area (Å²) in [4.78, 5) is 7.29. The van der Waals surface area contributed by atoms with Crippen molar-refractivity contribution in [2.24, 2.45) is 10.9 Å². The van der Waals surface area contributed by atoms with Crippen LogP contribution in [0.2, 0.25) is 0 Å². The minimum Gasteiger partial charge on any atom is -0.357 e. The molecule has 0 spiro atoms. The summed E-state index contributed by atoms with van der Waals surface area (Å²) in [6.45, 7) is 10.9. The third kappa shape index (κ3) is 9.45. The number of likely N-dealkylation sites (tertiary alicyclic amines) is 1. The molecule has 1 saturated heterocycles. The highest BCUT2D eigenvalue weighted by Crippen LogP contribution is 2.15. The number of nitrogens with zero attached hydrogens (tertiary/aromatic N) is 2. The first-order valence-corrected chi connectivity index (χ1v) is 9.56. The van der Waals surface area contributed by atoms with Crippen LogP contribution in [0.1, 0.15) is 45.1 Å². The third-order valence-electron chi connectivity index (χ3n) is 4.54. The van der Waals surface area contributed by atoms with Crippen molar-refractivity contribution < 1.29 is 0 Å². The molecule has 2 N–H and O–H groups in total. The maximum absolute atomic E-state index is 4.67. The highest BCUT2D eigenvalue weighted by atomic mass is 127. The van der Waals surface area contributed by atoms with Crippen molar-refractivity contribution in [2.75, 3.05) is 32.7 Å². The van der Waals surface area contributed by atoms with E-state index in [-0.39, 0.29) is 24.0 Å². The van der Waals surface area contributed by atoms with Gasteiger partial charge in [0.15, 0.2) is 5.96 Å². The first-order valence-electron chi connectivity index (χ1n) is 9.56. The molecule has 0 aliphatic carbocycles. The Kier molecular flexibility index (Phi) is 11.9. The second-order valence-corrected chi connectivity index (χ2v) is 6.86. The number of benzene rings is 1. The molecule has 1 aliphatic heterocycles. The van der Waals surface area contributed by atoms with Crippen LogP contribution in [0.5, 0.6) is 0 Å². The summed E-state index contributed by atoms with van der Waals surface area (Å²) in [5, 5.41) is 6.79. The van der Waals surface area contributed by atoms with E-state index in [1.54, 1.807) is 0 Å². The second kappa shape index (κ2) is 13.4. The van der Waals surface area contributed by atoms with Gasteiger partial charge in [-0.3, -0.25) is 0 Å². The van der Waals surface area contributed by atoms with Gasteiger partial charge in [-0.1, -0.05) is 37.3 Å². The van der Waals surface area contributed by atoms with Crippen molar-refractivity contribution in [3.8, 4) is 0 Å². The van der Waals surface area contributed by atoms with Gasteiger partial charge in [0.1, 0.15) is 0 Å². The molecule has 142 valence electrons. The minimum atomic E-state index is 0. The monoisotopic (exact) mass is 458 g/mol. The molecule has 0 amide bonds. The Morgan fingerprint density at radius 2 is 2.00 bits per heavy atom. The fourth-order valence-corrected chi connectivity index (χ4v) is 3.25. The Bertz CT molecular complexity index is 478. The molecule has 1 heterocycles.